The molecule has 0 amide bonds. The molecule has 0 atom stereocenters. The molecule has 0 aliphatic heterocycles. The number of hydrogen-bond acceptors (Lipinski definition) is 2. The molecule has 124 valence electrons. The second-order valence-electron chi connectivity index (χ2n) is 6.99. The largest absolute Gasteiger partial charge is 0.507 e. The van der Waals surface area contributed by atoms with Crippen LogP contribution in [-0.2, 0) is 5.41 Å². The van der Waals surface area contributed by atoms with Crippen LogP contribution in [-0.4, -0.2) is 10.2 Å². The summed E-state index contributed by atoms with van der Waals surface area (Å²) in [6.07, 6.45) is 0. The van der Waals surface area contributed by atoms with Crippen LogP contribution < -0.4 is 0 Å². The monoisotopic (exact) mass is 328 g/mol. The van der Waals surface area contributed by atoms with Crippen LogP contribution in [0.4, 0.5) is 0 Å². The predicted molar refractivity (Wildman–Crippen MR) is 103 cm³/mol. The molecule has 4 rings (SSSR count). The van der Waals surface area contributed by atoms with Crippen LogP contribution in [0.1, 0.15) is 25.0 Å². The van der Waals surface area contributed by atoms with Crippen molar-refractivity contribution in [2.75, 3.05) is 0 Å². The fourth-order valence-electron chi connectivity index (χ4n) is 3.66. The molecule has 0 radical (unpaired) electrons. The highest BCUT2D eigenvalue weighted by Gasteiger charge is 2.30. The van der Waals surface area contributed by atoms with Crippen LogP contribution >= 0.6 is 0 Å². The van der Waals surface area contributed by atoms with Crippen LogP contribution in [0.3, 0.4) is 0 Å². The SMILES string of the molecule is CC(C)(c1ccc2ccccc2c1O)c1ccc2ccccc2c1O. The van der Waals surface area contributed by atoms with Crippen molar-refractivity contribution < 1.29 is 10.2 Å². The Kier molecular flexibility index (Phi) is 3.43. The van der Waals surface area contributed by atoms with Gasteiger partial charge in [0.25, 0.3) is 0 Å². The van der Waals surface area contributed by atoms with Gasteiger partial charge < -0.3 is 10.2 Å². The Morgan fingerprint density at radius 1 is 0.560 bits per heavy atom. The molecule has 0 bridgehead atoms. The standard InChI is InChI=1S/C23H20O2/c1-23(2,19-13-11-15-7-3-5-9-17(15)21(19)24)20-14-12-16-8-4-6-10-18(16)22(20)25/h3-14,24-25H,1-2H3. The fourth-order valence-corrected chi connectivity index (χ4v) is 3.66. The van der Waals surface area contributed by atoms with Crippen molar-refractivity contribution in [3.05, 3.63) is 83.9 Å². The number of benzene rings is 4. The minimum absolute atomic E-state index is 0.274. The van der Waals surface area contributed by atoms with Crippen LogP contribution in [0.2, 0.25) is 0 Å². The van der Waals surface area contributed by atoms with E-state index in [0.717, 1.165) is 32.7 Å². The number of hydrogen-bond donors (Lipinski definition) is 2. The third kappa shape index (κ3) is 2.33. The van der Waals surface area contributed by atoms with E-state index in [2.05, 4.69) is 0 Å². The Hall–Kier alpha value is -3.00. The topological polar surface area (TPSA) is 40.5 Å². The Morgan fingerprint density at radius 2 is 0.960 bits per heavy atom. The smallest absolute Gasteiger partial charge is 0.127 e. The average molecular weight is 328 g/mol. The molecular weight excluding hydrogens is 308 g/mol. The molecular formula is C23H20O2. The Morgan fingerprint density at radius 3 is 1.40 bits per heavy atom. The van der Waals surface area contributed by atoms with Crippen molar-refractivity contribution in [3.63, 3.8) is 0 Å². The highest BCUT2D eigenvalue weighted by atomic mass is 16.3. The summed E-state index contributed by atoms with van der Waals surface area (Å²) in [5.41, 5.74) is 1.07. The van der Waals surface area contributed by atoms with E-state index >= 15 is 0 Å². The third-order valence-electron chi connectivity index (χ3n) is 5.15. The van der Waals surface area contributed by atoms with E-state index < -0.39 is 5.41 Å². The number of aromatic hydroxyl groups is 2. The van der Waals surface area contributed by atoms with Crippen LogP contribution in [0, 0.1) is 0 Å². The molecule has 2 nitrogen and oxygen atoms in total. The first-order valence-electron chi connectivity index (χ1n) is 8.42. The molecule has 0 heterocycles. The maximum Gasteiger partial charge on any atom is 0.127 e. The molecule has 0 saturated carbocycles. The normalized spacial score (nSPS) is 11.9. The van der Waals surface area contributed by atoms with Crippen LogP contribution in [0.5, 0.6) is 11.5 Å². The lowest BCUT2D eigenvalue weighted by atomic mass is 9.76. The molecule has 0 saturated heterocycles. The Bertz CT molecular complexity index is 1010. The Balaban J connectivity index is 1.96. The zero-order valence-electron chi connectivity index (χ0n) is 14.3. The first-order chi connectivity index (χ1) is 12.0. The predicted octanol–water partition coefficient (Wildman–Crippen LogP) is 5.73. The zero-order valence-corrected chi connectivity index (χ0v) is 14.3. The molecule has 0 fully saturated rings. The van der Waals surface area contributed by atoms with E-state index in [-0.39, 0.29) is 11.5 Å². The number of phenols is 2. The number of phenolic OH excluding ortho intramolecular Hbond substituents is 2. The van der Waals surface area contributed by atoms with Gasteiger partial charge in [-0.2, -0.15) is 0 Å². The fraction of sp³-hybridized carbons (Fsp3) is 0.130. The van der Waals surface area contributed by atoms with Gasteiger partial charge in [-0.1, -0.05) is 86.6 Å². The van der Waals surface area contributed by atoms with Gasteiger partial charge in [-0.05, 0) is 10.8 Å². The molecule has 2 N–H and O–H groups in total. The second kappa shape index (κ2) is 5.52. The van der Waals surface area contributed by atoms with Crippen molar-refractivity contribution in [1.82, 2.24) is 0 Å². The van der Waals surface area contributed by atoms with Crippen molar-refractivity contribution in [2.24, 2.45) is 0 Å². The average Bonchev–Trinajstić information content (AvgIpc) is 2.62. The van der Waals surface area contributed by atoms with E-state index in [4.69, 9.17) is 0 Å². The van der Waals surface area contributed by atoms with Crippen LogP contribution in [0.25, 0.3) is 21.5 Å². The first-order valence-corrected chi connectivity index (χ1v) is 8.42. The third-order valence-corrected chi connectivity index (χ3v) is 5.15. The van der Waals surface area contributed by atoms with Crippen molar-refractivity contribution in [2.45, 2.75) is 19.3 Å². The lowest BCUT2D eigenvalue weighted by Gasteiger charge is -2.28. The number of fused-ring (bicyclic) bond motifs is 2. The summed E-state index contributed by atoms with van der Waals surface area (Å²) in [7, 11) is 0. The highest BCUT2D eigenvalue weighted by molar-refractivity contribution is 5.92. The first kappa shape index (κ1) is 15.5. The van der Waals surface area contributed by atoms with Gasteiger partial charge in [0, 0.05) is 27.3 Å². The lowest BCUT2D eigenvalue weighted by molar-refractivity contribution is 0.442. The highest BCUT2D eigenvalue weighted by Crippen LogP contribution is 2.44. The Labute approximate surface area is 147 Å². The van der Waals surface area contributed by atoms with Gasteiger partial charge >= 0.3 is 0 Å². The molecule has 0 aromatic heterocycles. The van der Waals surface area contributed by atoms with E-state index in [1.54, 1.807) is 0 Å². The van der Waals surface area contributed by atoms with Crippen molar-refractivity contribution in [1.29, 1.82) is 0 Å². The van der Waals surface area contributed by atoms with Gasteiger partial charge in [-0.15, -0.1) is 0 Å². The van der Waals surface area contributed by atoms with E-state index in [1.165, 1.54) is 0 Å². The summed E-state index contributed by atoms with van der Waals surface area (Å²) in [5, 5.41) is 25.4. The summed E-state index contributed by atoms with van der Waals surface area (Å²) in [6.45, 7) is 4.06. The van der Waals surface area contributed by atoms with Gasteiger partial charge in [0.15, 0.2) is 0 Å². The zero-order chi connectivity index (χ0) is 17.6. The molecule has 4 aromatic carbocycles. The second-order valence-corrected chi connectivity index (χ2v) is 6.99. The molecule has 0 aliphatic rings. The summed E-state index contributed by atoms with van der Waals surface area (Å²) in [6, 6.07) is 23.5. The molecule has 0 spiro atoms. The molecule has 4 aromatic rings. The summed E-state index contributed by atoms with van der Waals surface area (Å²) in [4.78, 5) is 0. The molecule has 25 heavy (non-hydrogen) atoms. The summed E-state index contributed by atoms with van der Waals surface area (Å²) < 4.78 is 0. The maximum atomic E-state index is 10.9. The van der Waals surface area contributed by atoms with Gasteiger partial charge in [-0.25, -0.2) is 0 Å². The summed E-state index contributed by atoms with van der Waals surface area (Å²) in [5.74, 6) is 0.548. The molecule has 2 heteroatoms. The minimum Gasteiger partial charge on any atom is -0.507 e. The van der Waals surface area contributed by atoms with Gasteiger partial charge in [0.1, 0.15) is 11.5 Å². The molecule has 0 aliphatic carbocycles. The lowest BCUT2D eigenvalue weighted by Crippen LogP contribution is -2.19. The minimum atomic E-state index is -0.539. The molecule has 0 unspecified atom stereocenters. The van der Waals surface area contributed by atoms with E-state index in [1.807, 2.05) is 86.6 Å². The number of rotatable bonds is 2. The summed E-state index contributed by atoms with van der Waals surface area (Å²) >= 11 is 0. The van der Waals surface area contributed by atoms with Gasteiger partial charge in [0.2, 0.25) is 0 Å². The van der Waals surface area contributed by atoms with E-state index in [9.17, 15) is 10.2 Å². The maximum absolute atomic E-state index is 10.9. The van der Waals surface area contributed by atoms with E-state index in [0.29, 0.717) is 0 Å². The van der Waals surface area contributed by atoms with Crippen molar-refractivity contribution in [3.8, 4) is 11.5 Å². The van der Waals surface area contributed by atoms with Crippen molar-refractivity contribution >= 4 is 21.5 Å². The van der Waals surface area contributed by atoms with Gasteiger partial charge in [0.05, 0.1) is 0 Å². The van der Waals surface area contributed by atoms with Gasteiger partial charge in [-0.3, -0.25) is 0 Å². The van der Waals surface area contributed by atoms with Crippen LogP contribution in [0.15, 0.2) is 72.8 Å². The quantitative estimate of drug-likeness (QED) is 0.493.